The van der Waals surface area contributed by atoms with E-state index in [1.165, 1.54) is 13.0 Å². The molecule has 1 fully saturated rings. The predicted octanol–water partition coefficient (Wildman–Crippen LogP) is 3.65. The molecule has 31 heavy (non-hydrogen) atoms. The number of rotatable bonds is 3. The largest absolute Gasteiger partial charge is 0.325 e. The zero-order chi connectivity index (χ0) is 22.3. The normalized spacial score (nSPS) is 23.4. The van der Waals surface area contributed by atoms with Crippen LogP contribution in [0, 0.1) is 11.6 Å². The van der Waals surface area contributed by atoms with Gasteiger partial charge in [0.1, 0.15) is 12.1 Å². The molecule has 0 saturated carbocycles. The monoisotopic (exact) mass is 445 g/mol. The third-order valence-electron chi connectivity index (χ3n) is 5.61. The number of fused-ring (bicyclic) bond motifs is 1. The number of halogens is 2. The number of para-hydroxylation sites is 1. The minimum Gasteiger partial charge on any atom is -0.319 e. The van der Waals surface area contributed by atoms with Crippen molar-refractivity contribution in [2.24, 2.45) is 0 Å². The number of carbonyl (C=O) groups excluding carboxylic acids is 3. The van der Waals surface area contributed by atoms with Crippen molar-refractivity contribution < 1.29 is 23.2 Å². The summed E-state index contributed by atoms with van der Waals surface area (Å²) in [5.74, 6) is -3.26. The molecule has 2 aromatic carbocycles. The van der Waals surface area contributed by atoms with Crippen LogP contribution in [0.25, 0.3) is 0 Å². The SMILES string of the molecule is CC1CCN(C(=O)CN2C(=O)NC(C)(c3ccc(F)c(F)c3)C2=O)c2ccccc2S1. The van der Waals surface area contributed by atoms with Gasteiger partial charge in [0.05, 0.1) is 5.69 Å². The van der Waals surface area contributed by atoms with Gasteiger partial charge in [-0.2, -0.15) is 0 Å². The summed E-state index contributed by atoms with van der Waals surface area (Å²) in [6.45, 7) is 3.51. The fourth-order valence-electron chi connectivity index (χ4n) is 3.81. The Bertz CT molecular complexity index is 1080. The van der Waals surface area contributed by atoms with E-state index in [9.17, 15) is 23.2 Å². The molecule has 1 saturated heterocycles. The van der Waals surface area contributed by atoms with Crippen molar-refractivity contribution in [2.75, 3.05) is 18.0 Å². The third kappa shape index (κ3) is 3.78. The number of thioether (sulfide) groups is 1. The number of anilines is 1. The molecule has 4 rings (SSSR count). The number of hydrogen-bond acceptors (Lipinski definition) is 4. The van der Waals surface area contributed by atoms with Crippen LogP contribution in [-0.2, 0) is 15.1 Å². The Morgan fingerprint density at radius 1 is 1.19 bits per heavy atom. The topological polar surface area (TPSA) is 69.7 Å². The Kier molecular flexibility index (Phi) is 5.47. The highest BCUT2D eigenvalue weighted by Gasteiger charge is 2.50. The molecule has 0 spiro atoms. The fraction of sp³-hybridized carbons (Fsp3) is 0.318. The summed E-state index contributed by atoms with van der Waals surface area (Å²) in [5, 5.41) is 2.83. The molecule has 9 heteroatoms. The first kappa shape index (κ1) is 21.3. The quantitative estimate of drug-likeness (QED) is 0.733. The summed E-state index contributed by atoms with van der Waals surface area (Å²) in [4.78, 5) is 42.2. The average molecular weight is 445 g/mol. The molecule has 162 valence electrons. The summed E-state index contributed by atoms with van der Waals surface area (Å²) in [6.07, 6.45) is 0.762. The standard InChI is InChI=1S/C22H21F2N3O3S/c1-13-9-10-26(17-5-3-4-6-18(17)31-13)19(28)12-27-20(29)22(2,25-21(27)30)14-7-8-15(23)16(24)11-14/h3-8,11,13H,9-10,12H2,1-2H3,(H,25,30). The van der Waals surface area contributed by atoms with Crippen LogP contribution >= 0.6 is 11.8 Å². The highest BCUT2D eigenvalue weighted by molar-refractivity contribution is 8.00. The van der Waals surface area contributed by atoms with Crippen LogP contribution < -0.4 is 10.2 Å². The van der Waals surface area contributed by atoms with E-state index in [-0.39, 0.29) is 11.5 Å². The van der Waals surface area contributed by atoms with Crippen molar-refractivity contribution in [3.63, 3.8) is 0 Å². The number of carbonyl (C=O) groups is 3. The number of urea groups is 1. The molecule has 4 amide bonds. The van der Waals surface area contributed by atoms with E-state index in [2.05, 4.69) is 12.2 Å². The smallest absolute Gasteiger partial charge is 0.319 e. The lowest BCUT2D eigenvalue weighted by molar-refractivity contribution is -0.134. The molecule has 2 atom stereocenters. The van der Waals surface area contributed by atoms with E-state index >= 15 is 0 Å². The number of benzene rings is 2. The predicted molar refractivity (Wildman–Crippen MR) is 113 cm³/mol. The van der Waals surface area contributed by atoms with Crippen LogP contribution in [0.4, 0.5) is 19.3 Å². The summed E-state index contributed by atoms with van der Waals surface area (Å²) in [5.41, 5.74) is -0.741. The van der Waals surface area contributed by atoms with Crippen molar-refractivity contribution in [1.82, 2.24) is 10.2 Å². The molecule has 0 radical (unpaired) electrons. The molecule has 0 aromatic heterocycles. The second-order valence-electron chi connectivity index (χ2n) is 7.81. The molecule has 6 nitrogen and oxygen atoms in total. The van der Waals surface area contributed by atoms with E-state index in [0.29, 0.717) is 11.8 Å². The second-order valence-corrected chi connectivity index (χ2v) is 9.29. The van der Waals surface area contributed by atoms with E-state index in [1.807, 2.05) is 24.3 Å². The number of nitrogens with one attached hydrogen (secondary N) is 1. The van der Waals surface area contributed by atoms with E-state index in [0.717, 1.165) is 34.0 Å². The minimum atomic E-state index is -1.59. The van der Waals surface area contributed by atoms with Crippen molar-refractivity contribution in [3.8, 4) is 0 Å². The summed E-state index contributed by atoms with van der Waals surface area (Å²) < 4.78 is 27.0. The summed E-state index contributed by atoms with van der Waals surface area (Å²) in [7, 11) is 0. The maximum absolute atomic E-state index is 13.7. The van der Waals surface area contributed by atoms with Crippen LogP contribution in [0.5, 0.6) is 0 Å². The molecule has 2 aromatic rings. The lowest BCUT2D eigenvalue weighted by Crippen LogP contribution is -2.45. The van der Waals surface area contributed by atoms with Gasteiger partial charge in [-0.25, -0.2) is 13.6 Å². The maximum Gasteiger partial charge on any atom is 0.325 e. The van der Waals surface area contributed by atoms with Gasteiger partial charge in [0, 0.05) is 16.7 Å². The van der Waals surface area contributed by atoms with Crippen LogP contribution in [0.3, 0.4) is 0 Å². The molecule has 2 aliphatic heterocycles. The molecule has 1 N–H and O–H groups in total. The Hall–Kier alpha value is -2.94. The van der Waals surface area contributed by atoms with E-state index < -0.39 is 35.7 Å². The van der Waals surface area contributed by atoms with E-state index in [1.54, 1.807) is 16.7 Å². The van der Waals surface area contributed by atoms with Gasteiger partial charge < -0.3 is 10.2 Å². The number of imide groups is 1. The second kappa shape index (κ2) is 7.96. The lowest BCUT2D eigenvalue weighted by Gasteiger charge is -2.25. The molecule has 2 unspecified atom stereocenters. The van der Waals surface area contributed by atoms with Gasteiger partial charge in [0.15, 0.2) is 11.6 Å². The fourth-order valence-corrected chi connectivity index (χ4v) is 4.92. The molecule has 0 bridgehead atoms. The number of nitrogens with zero attached hydrogens (tertiary/aromatic N) is 2. The lowest BCUT2D eigenvalue weighted by atomic mass is 9.92. The summed E-state index contributed by atoms with van der Waals surface area (Å²) in [6, 6.07) is 9.78. The van der Waals surface area contributed by atoms with Gasteiger partial charge in [-0.05, 0) is 43.2 Å². The average Bonchev–Trinajstić information content (AvgIpc) is 2.87. The van der Waals surface area contributed by atoms with Gasteiger partial charge in [-0.3, -0.25) is 14.5 Å². The van der Waals surface area contributed by atoms with Gasteiger partial charge in [0.2, 0.25) is 5.91 Å². The van der Waals surface area contributed by atoms with Crippen molar-refractivity contribution >= 4 is 35.3 Å². The van der Waals surface area contributed by atoms with Crippen LogP contribution in [0.15, 0.2) is 47.4 Å². The maximum atomic E-state index is 13.7. The highest BCUT2D eigenvalue weighted by Crippen LogP contribution is 2.37. The van der Waals surface area contributed by atoms with Crippen LogP contribution in [-0.4, -0.2) is 41.1 Å². The van der Waals surface area contributed by atoms with Gasteiger partial charge in [-0.1, -0.05) is 25.1 Å². The first-order valence-electron chi connectivity index (χ1n) is 9.86. The molecule has 2 heterocycles. The highest BCUT2D eigenvalue weighted by atomic mass is 32.2. The summed E-state index contributed by atoms with van der Waals surface area (Å²) >= 11 is 1.68. The number of hydrogen-bond donors (Lipinski definition) is 1. The number of amides is 4. The van der Waals surface area contributed by atoms with Crippen molar-refractivity contribution in [3.05, 3.63) is 59.7 Å². The Morgan fingerprint density at radius 2 is 1.94 bits per heavy atom. The molecule has 0 aliphatic carbocycles. The first-order valence-corrected chi connectivity index (χ1v) is 10.7. The molecule has 2 aliphatic rings. The zero-order valence-corrected chi connectivity index (χ0v) is 17.8. The minimum absolute atomic E-state index is 0.102. The van der Waals surface area contributed by atoms with E-state index in [4.69, 9.17) is 0 Å². The van der Waals surface area contributed by atoms with Crippen LogP contribution in [0.1, 0.15) is 25.8 Å². The Labute approximate surface area is 182 Å². The van der Waals surface area contributed by atoms with Gasteiger partial charge in [0.25, 0.3) is 5.91 Å². The zero-order valence-electron chi connectivity index (χ0n) is 17.0. The van der Waals surface area contributed by atoms with Gasteiger partial charge in [-0.15, -0.1) is 11.8 Å². The Balaban J connectivity index is 1.58. The molecular formula is C22H21F2N3O3S. The van der Waals surface area contributed by atoms with Crippen LogP contribution in [0.2, 0.25) is 0 Å². The first-order chi connectivity index (χ1) is 14.7. The van der Waals surface area contributed by atoms with Gasteiger partial charge >= 0.3 is 6.03 Å². The van der Waals surface area contributed by atoms with Crippen molar-refractivity contribution in [2.45, 2.75) is 36.0 Å². The molecular weight excluding hydrogens is 424 g/mol. The van der Waals surface area contributed by atoms with Crippen molar-refractivity contribution in [1.29, 1.82) is 0 Å². The third-order valence-corrected chi connectivity index (χ3v) is 6.85. The Morgan fingerprint density at radius 3 is 2.68 bits per heavy atom.